The number of nitrogens with one attached hydrogen (secondary N) is 1. The van der Waals surface area contributed by atoms with Gasteiger partial charge in [0, 0.05) is 6.42 Å². The van der Waals surface area contributed by atoms with Gasteiger partial charge < -0.3 is 15.5 Å². The lowest BCUT2D eigenvalue weighted by molar-refractivity contribution is -0.123. The lowest BCUT2D eigenvalue weighted by Gasteiger charge is -2.19. The van der Waals surface area contributed by atoms with Crippen LogP contribution >= 0.6 is 0 Å². The van der Waals surface area contributed by atoms with Crippen LogP contribution in [0.3, 0.4) is 0 Å². The van der Waals surface area contributed by atoms with Crippen molar-refractivity contribution in [3.63, 3.8) is 0 Å². The van der Waals surface area contributed by atoms with Crippen molar-refractivity contribution in [2.75, 3.05) is 6.61 Å². The van der Waals surface area contributed by atoms with E-state index in [1.54, 1.807) is 6.08 Å². The fourth-order valence-electron chi connectivity index (χ4n) is 8.71. The first-order valence-corrected chi connectivity index (χ1v) is 30.1. The normalized spacial score (nSPS) is 13.6. The van der Waals surface area contributed by atoms with Crippen molar-refractivity contribution in [3.05, 3.63) is 109 Å². The van der Waals surface area contributed by atoms with Crippen molar-refractivity contribution < 1.29 is 15.0 Å². The SMILES string of the molecule is CC/C=C\C/C=C\C/C=C\C/C=C\C/C=C\C/C=C\C/C=C\CCCCCCCC(=O)NC(CO)C(O)/C=C/CC/C=C/CCCCCCCCCCCCCCCCCCCCCCCCCCC. The van der Waals surface area contributed by atoms with Gasteiger partial charge in [0.1, 0.15) is 0 Å². The number of aliphatic hydroxyl groups excluding tert-OH is 2. The van der Waals surface area contributed by atoms with Gasteiger partial charge in [0.05, 0.1) is 18.8 Å². The van der Waals surface area contributed by atoms with E-state index in [1.807, 2.05) is 6.08 Å². The largest absolute Gasteiger partial charge is 0.394 e. The molecule has 0 rings (SSSR count). The summed E-state index contributed by atoms with van der Waals surface area (Å²) in [6, 6.07) is -0.660. The zero-order valence-corrected chi connectivity index (χ0v) is 46.3. The van der Waals surface area contributed by atoms with E-state index in [9.17, 15) is 15.0 Å². The summed E-state index contributed by atoms with van der Waals surface area (Å²) in [6.45, 7) is 4.19. The molecule has 0 aromatic heterocycles. The van der Waals surface area contributed by atoms with E-state index >= 15 is 0 Å². The third kappa shape index (κ3) is 56.0. The number of hydrogen-bond acceptors (Lipinski definition) is 3. The Labute approximate surface area is 436 Å². The molecule has 0 saturated carbocycles. The van der Waals surface area contributed by atoms with Crippen LogP contribution in [-0.2, 0) is 4.79 Å². The number of carbonyl (C=O) groups excluding carboxylic acids is 1. The van der Waals surface area contributed by atoms with Crippen molar-refractivity contribution in [1.29, 1.82) is 0 Å². The summed E-state index contributed by atoms with van der Waals surface area (Å²) in [5.74, 6) is -0.0948. The lowest BCUT2D eigenvalue weighted by Crippen LogP contribution is -2.45. The van der Waals surface area contributed by atoms with E-state index in [1.165, 1.54) is 173 Å². The number of unbranched alkanes of at least 4 members (excludes halogenated alkanes) is 31. The molecular formula is C66H115NO3. The molecule has 2 unspecified atom stereocenters. The van der Waals surface area contributed by atoms with Crippen molar-refractivity contribution in [2.45, 2.75) is 296 Å². The first-order valence-electron chi connectivity index (χ1n) is 30.1. The van der Waals surface area contributed by atoms with Crippen LogP contribution in [0.1, 0.15) is 284 Å². The van der Waals surface area contributed by atoms with Gasteiger partial charge in [-0.15, -0.1) is 0 Å². The van der Waals surface area contributed by atoms with Crippen LogP contribution in [0.2, 0.25) is 0 Å². The van der Waals surface area contributed by atoms with E-state index in [0.29, 0.717) is 6.42 Å². The minimum atomic E-state index is -0.881. The monoisotopic (exact) mass is 970 g/mol. The molecule has 0 aliphatic carbocycles. The quantitative estimate of drug-likeness (QED) is 0.0420. The number of rotatable bonds is 54. The van der Waals surface area contributed by atoms with Gasteiger partial charge in [0.25, 0.3) is 0 Å². The molecule has 0 aromatic rings. The second-order valence-corrected chi connectivity index (χ2v) is 20.0. The van der Waals surface area contributed by atoms with Crippen LogP contribution in [0, 0.1) is 0 Å². The second-order valence-electron chi connectivity index (χ2n) is 20.0. The van der Waals surface area contributed by atoms with Gasteiger partial charge in [-0.1, -0.05) is 297 Å². The summed E-state index contributed by atoms with van der Waals surface area (Å²) in [5, 5.41) is 23.2. The van der Waals surface area contributed by atoms with Gasteiger partial charge >= 0.3 is 0 Å². The third-order valence-corrected chi connectivity index (χ3v) is 13.2. The zero-order valence-electron chi connectivity index (χ0n) is 46.3. The smallest absolute Gasteiger partial charge is 0.220 e. The first kappa shape index (κ1) is 67.0. The average Bonchev–Trinajstić information content (AvgIpc) is 3.36. The number of hydrogen-bond donors (Lipinski definition) is 3. The highest BCUT2D eigenvalue weighted by Crippen LogP contribution is 2.17. The van der Waals surface area contributed by atoms with Gasteiger partial charge in [-0.2, -0.15) is 0 Å². The Bertz CT molecular complexity index is 1330. The highest BCUT2D eigenvalue weighted by Gasteiger charge is 2.18. The maximum absolute atomic E-state index is 12.5. The minimum absolute atomic E-state index is 0.0948. The summed E-state index contributed by atoms with van der Waals surface area (Å²) in [5.41, 5.74) is 0. The zero-order chi connectivity index (χ0) is 50.6. The number of amides is 1. The number of allylic oxidation sites excluding steroid dienone is 17. The van der Waals surface area contributed by atoms with E-state index in [2.05, 4.69) is 116 Å². The fraction of sp³-hybridized carbons (Fsp3) is 0.712. The van der Waals surface area contributed by atoms with Crippen molar-refractivity contribution in [3.8, 4) is 0 Å². The second kappa shape index (κ2) is 60.4. The molecule has 2 atom stereocenters. The Kier molecular flexibility index (Phi) is 57.8. The van der Waals surface area contributed by atoms with E-state index in [0.717, 1.165) is 89.9 Å². The summed E-state index contributed by atoms with van der Waals surface area (Å²) < 4.78 is 0. The molecule has 4 nitrogen and oxygen atoms in total. The molecule has 0 spiro atoms. The molecule has 0 radical (unpaired) electrons. The van der Waals surface area contributed by atoms with Gasteiger partial charge in [0.2, 0.25) is 5.91 Å². The third-order valence-electron chi connectivity index (χ3n) is 13.2. The number of aliphatic hydroxyl groups is 2. The summed E-state index contributed by atoms with van der Waals surface area (Å²) >= 11 is 0. The summed E-state index contributed by atoms with van der Waals surface area (Å²) in [6.07, 6.45) is 91.2. The molecule has 0 saturated heterocycles. The van der Waals surface area contributed by atoms with Crippen LogP contribution in [0.4, 0.5) is 0 Å². The van der Waals surface area contributed by atoms with Crippen LogP contribution in [0.5, 0.6) is 0 Å². The standard InChI is InChI=1S/C66H115NO3/c1-3-5-7-9-11-13-15-17-19-21-23-25-27-29-31-32-33-34-36-37-39-41-43-45-47-49-51-53-55-57-59-61-65(69)64(63-68)67-66(70)62-60-58-56-54-52-50-48-46-44-42-40-38-35-30-28-26-24-22-20-18-16-14-12-10-8-6-4-2/h6,8,12,14,18,20,24,26,30,35,40,42,46,48,51,53,59,61,64-65,68-69H,3-5,7,9-11,13,15-17,19,21-23,25,27-29,31-34,36-39,41,43-45,47,49-50,52,54-58,60,62-63H2,1-2H3,(H,67,70)/b8-6-,14-12-,20-18-,26-24-,35-30-,42-40-,48-46-,53-51+,61-59+. The molecule has 3 N–H and O–H groups in total. The Morgan fingerprint density at radius 2 is 0.643 bits per heavy atom. The molecule has 0 heterocycles. The fourth-order valence-corrected chi connectivity index (χ4v) is 8.71. The highest BCUT2D eigenvalue weighted by atomic mass is 16.3. The molecule has 0 aliphatic rings. The van der Waals surface area contributed by atoms with Crippen molar-refractivity contribution in [1.82, 2.24) is 5.32 Å². The van der Waals surface area contributed by atoms with Gasteiger partial charge in [-0.05, 0) is 89.9 Å². The van der Waals surface area contributed by atoms with Gasteiger partial charge in [-0.25, -0.2) is 0 Å². The van der Waals surface area contributed by atoms with Crippen LogP contribution in [-0.4, -0.2) is 34.9 Å². The average molecular weight is 971 g/mol. The van der Waals surface area contributed by atoms with Gasteiger partial charge in [-0.3, -0.25) is 4.79 Å². The molecule has 0 aromatic carbocycles. The van der Waals surface area contributed by atoms with Crippen LogP contribution < -0.4 is 5.32 Å². The predicted octanol–water partition coefficient (Wildman–Crippen LogP) is 20.3. The van der Waals surface area contributed by atoms with E-state index in [-0.39, 0.29) is 12.5 Å². The maximum atomic E-state index is 12.5. The Morgan fingerprint density at radius 1 is 0.357 bits per heavy atom. The van der Waals surface area contributed by atoms with E-state index in [4.69, 9.17) is 0 Å². The number of carbonyl (C=O) groups is 1. The molecule has 0 aliphatic heterocycles. The topological polar surface area (TPSA) is 69.6 Å². The molecule has 70 heavy (non-hydrogen) atoms. The Hall–Kier alpha value is -2.95. The Balaban J connectivity index is 3.60. The highest BCUT2D eigenvalue weighted by molar-refractivity contribution is 5.76. The van der Waals surface area contributed by atoms with Crippen LogP contribution in [0.25, 0.3) is 0 Å². The van der Waals surface area contributed by atoms with Crippen LogP contribution in [0.15, 0.2) is 109 Å². The lowest BCUT2D eigenvalue weighted by atomic mass is 10.0. The van der Waals surface area contributed by atoms with Crippen molar-refractivity contribution >= 4 is 5.91 Å². The molecule has 0 bridgehead atoms. The predicted molar refractivity (Wildman–Crippen MR) is 313 cm³/mol. The minimum Gasteiger partial charge on any atom is -0.394 e. The van der Waals surface area contributed by atoms with Crippen molar-refractivity contribution in [2.24, 2.45) is 0 Å². The van der Waals surface area contributed by atoms with E-state index < -0.39 is 12.1 Å². The molecule has 0 fully saturated rings. The maximum Gasteiger partial charge on any atom is 0.220 e. The molecule has 402 valence electrons. The van der Waals surface area contributed by atoms with Gasteiger partial charge in [0.15, 0.2) is 0 Å². The molecular weight excluding hydrogens is 855 g/mol. The molecule has 1 amide bonds. The summed E-state index contributed by atoms with van der Waals surface area (Å²) in [4.78, 5) is 12.5. The first-order chi connectivity index (χ1) is 34.7. The molecule has 4 heteroatoms. The Morgan fingerprint density at radius 3 is 1.00 bits per heavy atom. The summed E-state index contributed by atoms with van der Waals surface area (Å²) in [7, 11) is 0.